The number of carbonyl (C=O) groups is 3. The highest BCUT2D eigenvalue weighted by Gasteiger charge is 2.47. The first-order valence-corrected chi connectivity index (χ1v) is 11.1. The minimum Gasteiger partial charge on any atom is -0.496 e. The smallest absolute Gasteiger partial charge is 0.322 e. The molecular weight excluding hydrogens is 442 g/mol. The van der Waals surface area contributed by atoms with Gasteiger partial charge >= 0.3 is 6.03 Å². The van der Waals surface area contributed by atoms with E-state index in [1.54, 1.807) is 7.11 Å². The van der Waals surface area contributed by atoms with Crippen molar-refractivity contribution in [3.63, 3.8) is 0 Å². The molecule has 2 aliphatic heterocycles. The highest BCUT2D eigenvalue weighted by atomic mass is 35.5. The van der Waals surface area contributed by atoms with Crippen LogP contribution in [0.2, 0.25) is 0 Å². The Balaban J connectivity index is 0.00000306. The number of hydrogen-bond acceptors (Lipinski definition) is 5. The monoisotopic (exact) mass is 471 g/mol. The van der Waals surface area contributed by atoms with E-state index in [1.807, 2.05) is 48.5 Å². The van der Waals surface area contributed by atoms with Crippen LogP contribution in [0.15, 0.2) is 48.5 Å². The number of urea groups is 1. The van der Waals surface area contributed by atoms with E-state index < -0.39 is 11.6 Å². The van der Waals surface area contributed by atoms with E-state index in [4.69, 9.17) is 4.74 Å². The van der Waals surface area contributed by atoms with Gasteiger partial charge in [-0.15, -0.1) is 12.4 Å². The number of unbranched alkanes of at least 4 members (excludes halogenated alkanes) is 1. The number of halogens is 1. The van der Waals surface area contributed by atoms with Crippen LogP contribution in [0, 0.1) is 0 Å². The summed E-state index contributed by atoms with van der Waals surface area (Å²) >= 11 is 0. The molecule has 0 bridgehead atoms. The van der Waals surface area contributed by atoms with Crippen LogP contribution in [0.5, 0.6) is 5.75 Å². The van der Waals surface area contributed by atoms with Gasteiger partial charge in [-0.1, -0.05) is 36.4 Å². The van der Waals surface area contributed by atoms with E-state index in [9.17, 15) is 14.4 Å². The Morgan fingerprint density at radius 3 is 2.39 bits per heavy atom. The number of nitrogens with zero attached hydrogens (tertiary/aromatic N) is 1. The molecule has 4 rings (SSSR count). The SMILES string of the molecule is COc1ccc(-c2ccccc2)cc1C(=O)CCCCN1CCC2(CC1)NC(=O)NC2=O.Cl. The zero-order valence-corrected chi connectivity index (χ0v) is 19.6. The van der Waals surface area contributed by atoms with Crippen molar-refractivity contribution >= 4 is 30.1 Å². The minimum atomic E-state index is -0.732. The van der Waals surface area contributed by atoms with Gasteiger partial charge in [0, 0.05) is 19.5 Å². The number of likely N-dealkylation sites (tertiary alicyclic amines) is 1. The van der Waals surface area contributed by atoms with Crippen LogP contribution in [0.3, 0.4) is 0 Å². The summed E-state index contributed by atoms with van der Waals surface area (Å²) in [5.41, 5.74) is 1.96. The van der Waals surface area contributed by atoms with E-state index in [0.717, 1.165) is 43.6 Å². The molecule has 2 aromatic rings. The molecule has 0 saturated carbocycles. The lowest BCUT2D eigenvalue weighted by Crippen LogP contribution is -2.54. The number of Topliss-reactive ketones (excluding diaryl/α,β-unsaturated/α-hetero) is 1. The molecule has 2 saturated heterocycles. The molecule has 0 radical (unpaired) electrons. The fourth-order valence-corrected chi connectivity index (χ4v) is 4.53. The largest absolute Gasteiger partial charge is 0.496 e. The molecule has 2 aliphatic rings. The summed E-state index contributed by atoms with van der Waals surface area (Å²) in [6.07, 6.45) is 3.39. The van der Waals surface area contributed by atoms with Gasteiger partial charge in [0.1, 0.15) is 11.3 Å². The molecule has 7 nitrogen and oxygen atoms in total. The fourth-order valence-electron chi connectivity index (χ4n) is 4.53. The number of benzene rings is 2. The maximum absolute atomic E-state index is 12.9. The maximum atomic E-state index is 12.9. The second-order valence-electron chi connectivity index (χ2n) is 8.49. The third kappa shape index (κ3) is 5.54. The molecular formula is C25H30ClN3O4. The average molecular weight is 472 g/mol. The summed E-state index contributed by atoms with van der Waals surface area (Å²) in [6.45, 7) is 2.39. The molecule has 176 valence electrons. The van der Waals surface area contributed by atoms with Crippen LogP contribution in [-0.2, 0) is 4.79 Å². The van der Waals surface area contributed by atoms with E-state index in [1.165, 1.54) is 0 Å². The molecule has 2 heterocycles. The highest BCUT2D eigenvalue weighted by Crippen LogP contribution is 2.28. The average Bonchev–Trinajstić information content (AvgIpc) is 3.10. The first-order valence-electron chi connectivity index (χ1n) is 11.1. The zero-order chi connectivity index (χ0) is 22.6. The van der Waals surface area contributed by atoms with E-state index in [2.05, 4.69) is 15.5 Å². The number of ether oxygens (including phenoxy) is 1. The molecule has 0 unspecified atom stereocenters. The molecule has 0 atom stereocenters. The van der Waals surface area contributed by atoms with E-state index in [0.29, 0.717) is 30.6 Å². The number of hydrogen-bond donors (Lipinski definition) is 2. The van der Waals surface area contributed by atoms with Crippen LogP contribution in [0.4, 0.5) is 4.79 Å². The normalized spacial score (nSPS) is 17.2. The Bertz CT molecular complexity index is 1000. The van der Waals surface area contributed by atoms with Gasteiger partial charge in [-0.05, 0) is 55.5 Å². The van der Waals surface area contributed by atoms with Gasteiger partial charge in [-0.25, -0.2) is 4.79 Å². The predicted octanol–water partition coefficient (Wildman–Crippen LogP) is 3.81. The van der Waals surface area contributed by atoms with Gasteiger partial charge in [0.15, 0.2) is 5.78 Å². The molecule has 2 aromatic carbocycles. The molecule has 8 heteroatoms. The zero-order valence-electron chi connectivity index (χ0n) is 18.8. The number of methoxy groups -OCH3 is 1. The Kier molecular flexibility index (Phi) is 8.10. The molecule has 2 N–H and O–H groups in total. The van der Waals surface area contributed by atoms with Crippen LogP contribution in [0.1, 0.15) is 42.5 Å². The number of imide groups is 1. The van der Waals surface area contributed by atoms with Crippen molar-refractivity contribution in [3.05, 3.63) is 54.1 Å². The summed E-state index contributed by atoms with van der Waals surface area (Å²) in [5.74, 6) is 0.481. The van der Waals surface area contributed by atoms with Crippen molar-refractivity contribution in [2.75, 3.05) is 26.7 Å². The number of nitrogens with one attached hydrogen (secondary N) is 2. The Morgan fingerprint density at radius 2 is 1.76 bits per heavy atom. The van der Waals surface area contributed by atoms with Gasteiger partial charge < -0.3 is 15.0 Å². The molecule has 0 aromatic heterocycles. The number of amides is 3. The van der Waals surface area contributed by atoms with Crippen molar-refractivity contribution < 1.29 is 19.1 Å². The lowest BCUT2D eigenvalue weighted by atomic mass is 9.87. The quantitative estimate of drug-likeness (QED) is 0.347. The summed E-state index contributed by atoms with van der Waals surface area (Å²) in [6, 6.07) is 15.3. The first kappa shape index (κ1) is 24.7. The summed E-state index contributed by atoms with van der Waals surface area (Å²) in [4.78, 5) is 38.7. The second-order valence-corrected chi connectivity index (χ2v) is 8.49. The summed E-state index contributed by atoms with van der Waals surface area (Å²) in [5, 5.41) is 5.13. The molecule has 1 spiro atoms. The lowest BCUT2D eigenvalue weighted by molar-refractivity contribution is -0.125. The second kappa shape index (κ2) is 10.8. The number of piperidine rings is 1. The minimum absolute atomic E-state index is 0. The van der Waals surface area contributed by atoms with Crippen molar-refractivity contribution in [1.82, 2.24) is 15.5 Å². The van der Waals surface area contributed by atoms with Crippen molar-refractivity contribution in [2.24, 2.45) is 0 Å². The van der Waals surface area contributed by atoms with Crippen LogP contribution >= 0.6 is 12.4 Å². The number of rotatable bonds is 8. The predicted molar refractivity (Wildman–Crippen MR) is 129 cm³/mol. The highest BCUT2D eigenvalue weighted by molar-refractivity contribution is 6.07. The maximum Gasteiger partial charge on any atom is 0.322 e. The molecule has 33 heavy (non-hydrogen) atoms. The Hall–Kier alpha value is -2.90. The van der Waals surface area contributed by atoms with Crippen molar-refractivity contribution in [2.45, 2.75) is 37.6 Å². The third-order valence-corrected chi connectivity index (χ3v) is 6.46. The van der Waals surface area contributed by atoms with Gasteiger partial charge in [0.05, 0.1) is 12.7 Å². The van der Waals surface area contributed by atoms with Gasteiger partial charge in [-0.2, -0.15) is 0 Å². The standard InChI is InChI=1S/C25H29N3O4.ClH/c1-32-22-11-10-19(18-7-3-2-4-8-18)17-20(22)21(29)9-5-6-14-28-15-12-25(13-16-28)23(30)26-24(31)27-25;/h2-4,7-8,10-11,17H,5-6,9,12-16H2,1H3,(H2,26,27,30,31);1H. The third-order valence-electron chi connectivity index (χ3n) is 6.46. The van der Waals surface area contributed by atoms with Crippen LogP contribution < -0.4 is 15.4 Å². The van der Waals surface area contributed by atoms with E-state index in [-0.39, 0.29) is 24.1 Å². The van der Waals surface area contributed by atoms with Gasteiger partial charge in [0.2, 0.25) is 0 Å². The Morgan fingerprint density at radius 1 is 1.03 bits per heavy atom. The lowest BCUT2D eigenvalue weighted by Gasteiger charge is -2.36. The number of carbonyl (C=O) groups excluding carboxylic acids is 3. The van der Waals surface area contributed by atoms with Crippen LogP contribution in [0.25, 0.3) is 11.1 Å². The fraction of sp³-hybridized carbons (Fsp3) is 0.400. The molecule has 3 amide bonds. The summed E-state index contributed by atoms with van der Waals surface area (Å²) in [7, 11) is 1.59. The molecule has 0 aliphatic carbocycles. The van der Waals surface area contributed by atoms with Crippen molar-refractivity contribution in [3.8, 4) is 16.9 Å². The van der Waals surface area contributed by atoms with Gasteiger partial charge in [0.25, 0.3) is 5.91 Å². The summed E-state index contributed by atoms with van der Waals surface area (Å²) < 4.78 is 5.43. The van der Waals surface area contributed by atoms with Crippen LogP contribution in [-0.4, -0.2) is 54.9 Å². The molecule has 2 fully saturated rings. The Labute approximate surface area is 200 Å². The topological polar surface area (TPSA) is 87.7 Å². The van der Waals surface area contributed by atoms with E-state index >= 15 is 0 Å². The van der Waals surface area contributed by atoms with Crippen molar-refractivity contribution in [1.29, 1.82) is 0 Å². The van der Waals surface area contributed by atoms with Gasteiger partial charge in [-0.3, -0.25) is 14.9 Å². The number of ketones is 1. The first-order chi connectivity index (χ1) is 15.5.